The smallest absolute Gasteiger partial charge is 0.294 e. The number of aryl methyl sites for hydroxylation is 1. The largest absolute Gasteiger partial charge is 0.503 e. The Labute approximate surface area is 172 Å². The number of anilines is 2. The minimum Gasteiger partial charge on any atom is -0.503 e. The van der Waals surface area contributed by atoms with Crippen molar-refractivity contribution >= 4 is 23.1 Å². The molecule has 2 aromatic carbocycles. The number of ketones is 1. The molecule has 1 aliphatic rings. The van der Waals surface area contributed by atoms with E-state index in [2.05, 4.69) is 0 Å². The van der Waals surface area contributed by atoms with E-state index in [1.165, 1.54) is 4.90 Å². The molecule has 1 heterocycles. The van der Waals surface area contributed by atoms with Gasteiger partial charge in [-0.15, -0.1) is 0 Å². The Morgan fingerprint density at radius 3 is 2.21 bits per heavy atom. The standard InChI is InChI=1S/C24H28N2O3/c1-15-8-7-9-18(14-15)26-20(16-10-12-17(13-11-16)25(5)6)19(21(27)23(26)29)22(28)24(2,3)4/h7-14,20,27H,1-6H3. The summed E-state index contributed by atoms with van der Waals surface area (Å²) in [5.74, 6) is -1.25. The Morgan fingerprint density at radius 2 is 1.69 bits per heavy atom. The number of carbonyl (C=O) groups is 2. The van der Waals surface area contributed by atoms with Crippen LogP contribution in [0.4, 0.5) is 11.4 Å². The van der Waals surface area contributed by atoms with Crippen LogP contribution in [0.3, 0.4) is 0 Å². The number of nitrogens with zero attached hydrogens (tertiary/aromatic N) is 2. The molecule has 0 aromatic heterocycles. The van der Waals surface area contributed by atoms with E-state index >= 15 is 0 Å². The van der Waals surface area contributed by atoms with Crippen LogP contribution in [0, 0.1) is 12.3 Å². The summed E-state index contributed by atoms with van der Waals surface area (Å²) in [6.07, 6.45) is 0. The molecule has 0 saturated heterocycles. The maximum absolute atomic E-state index is 13.2. The van der Waals surface area contributed by atoms with Crippen LogP contribution in [0.15, 0.2) is 59.9 Å². The number of benzene rings is 2. The number of Topliss-reactive ketones (excluding diaryl/α,β-unsaturated/α-hetero) is 1. The van der Waals surface area contributed by atoms with Crippen LogP contribution < -0.4 is 9.80 Å². The van der Waals surface area contributed by atoms with Crippen molar-refractivity contribution in [3.63, 3.8) is 0 Å². The minimum atomic E-state index is -0.728. The normalized spacial score (nSPS) is 17.1. The predicted molar refractivity (Wildman–Crippen MR) is 116 cm³/mol. The van der Waals surface area contributed by atoms with Gasteiger partial charge in [-0.05, 0) is 42.3 Å². The highest BCUT2D eigenvalue weighted by atomic mass is 16.3. The average molecular weight is 392 g/mol. The Balaban J connectivity index is 2.19. The Hall–Kier alpha value is -3.08. The van der Waals surface area contributed by atoms with E-state index in [0.29, 0.717) is 5.69 Å². The van der Waals surface area contributed by atoms with Gasteiger partial charge in [0.2, 0.25) is 0 Å². The Kier molecular flexibility index (Phi) is 5.26. The van der Waals surface area contributed by atoms with E-state index in [9.17, 15) is 14.7 Å². The number of aliphatic hydroxyl groups is 1. The van der Waals surface area contributed by atoms with Crippen molar-refractivity contribution in [2.24, 2.45) is 5.41 Å². The van der Waals surface area contributed by atoms with Crippen molar-refractivity contribution in [3.8, 4) is 0 Å². The highest BCUT2D eigenvalue weighted by Crippen LogP contribution is 2.43. The lowest BCUT2D eigenvalue weighted by molar-refractivity contribution is -0.123. The second-order valence-electron chi connectivity index (χ2n) is 8.74. The molecule has 0 saturated carbocycles. The fraction of sp³-hybridized carbons (Fsp3) is 0.333. The number of hydrogen-bond donors (Lipinski definition) is 1. The van der Waals surface area contributed by atoms with Crippen LogP contribution >= 0.6 is 0 Å². The monoisotopic (exact) mass is 392 g/mol. The summed E-state index contributed by atoms with van der Waals surface area (Å²) in [5.41, 5.74) is 2.86. The van der Waals surface area contributed by atoms with E-state index in [1.54, 1.807) is 20.8 Å². The first-order valence-corrected chi connectivity index (χ1v) is 9.68. The van der Waals surface area contributed by atoms with Crippen LogP contribution in [-0.2, 0) is 9.59 Å². The minimum absolute atomic E-state index is 0.154. The topological polar surface area (TPSA) is 60.9 Å². The zero-order valence-corrected chi connectivity index (χ0v) is 17.9. The summed E-state index contributed by atoms with van der Waals surface area (Å²) in [5, 5.41) is 10.7. The van der Waals surface area contributed by atoms with Gasteiger partial charge in [0.05, 0.1) is 11.6 Å². The van der Waals surface area contributed by atoms with Gasteiger partial charge >= 0.3 is 0 Å². The van der Waals surface area contributed by atoms with Gasteiger partial charge in [-0.3, -0.25) is 14.5 Å². The van der Waals surface area contributed by atoms with Crippen molar-refractivity contribution in [2.45, 2.75) is 33.7 Å². The molecular weight excluding hydrogens is 364 g/mol. The molecule has 5 nitrogen and oxygen atoms in total. The summed E-state index contributed by atoms with van der Waals surface area (Å²) in [4.78, 5) is 29.8. The molecular formula is C24H28N2O3. The lowest BCUT2D eigenvalue weighted by Gasteiger charge is -2.29. The van der Waals surface area contributed by atoms with Gasteiger partial charge in [0.25, 0.3) is 5.91 Å². The predicted octanol–water partition coefficient (Wildman–Crippen LogP) is 4.58. The molecule has 3 rings (SSSR count). The van der Waals surface area contributed by atoms with Crippen LogP contribution in [-0.4, -0.2) is 30.9 Å². The van der Waals surface area contributed by atoms with E-state index in [4.69, 9.17) is 0 Å². The van der Waals surface area contributed by atoms with Gasteiger partial charge in [-0.25, -0.2) is 0 Å². The number of hydrogen-bond acceptors (Lipinski definition) is 4. The maximum Gasteiger partial charge on any atom is 0.294 e. The summed E-state index contributed by atoms with van der Waals surface area (Å²) >= 11 is 0. The van der Waals surface area contributed by atoms with Crippen molar-refractivity contribution in [1.82, 2.24) is 0 Å². The van der Waals surface area contributed by atoms with Crippen LogP contribution in [0.2, 0.25) is 0 Å². The van der Waals surface area contributed by atoms with Crippen LogP contribution in [0.25, 0.3) is 0 Å². The molecule has 29 heavy (non-hydrogen) atoms. The first-order chi connectivity index (χ1) is 13.5. The lowest BCUT2D eigenvalue weighted by atomic mass is 9.82. The molecule has 0 aliphatic carbocycles. The van der Waals surface area contributed by atoms with Crippen molar-refractivity contribution in [1.29, 1.82) is 0 Å². The molecule has 0 radical (unpaired) electrons. The van der Waals surface area contributed by atoms with Gasteiger partial charge in [0.1, 0.15) is 0 Å². The molecule has 1 N–H and O–H groups in total. The molecule has 152 valence electrons. The van der Waals surface area contributed by atoms with Gasteiger partial charge in [-0.2, -0.15) is 0 Å². The van der Waals surface area contributed by atoms with E-state index < -0.39 is 23.1 Å². The van der Waals surface area contributed by atoms with Crippen molar-refractivity contribution in [3.05, 3.63) is 71.0 Å². The van der Waals surface area contributed by atoms with Gasteiger partial charge in [0, 0.05) is 30.9 Å². The third-order valence-electron chi connectivity index (χ3n) is 5.14. The van der Waals surface area contributed by atoms with Gasteiger partial charge in [-0.1, -0.05) is 45.0 Å². The number of aliphatic hydroxyl groups excluding tert-OH is 1. The summed E-state index contributed by atoms with van der Waals surface area (Å²) < 4.78 is 0. The highest BCUT2D eigenvalue weighted by molar-refractivity contribution is 6.17. The van der Waals surface area contributed by atoms with Crippen molar-refractivity contribution < 1.29 is 14.7 Å². The summed E-state index contributed by atoms with van der Waals surface area (Å²) in [6.45, 7) is 7.32. The molecule has 5 heteroatoms. The van der Waals surface area contributed by atoms with Gasteiger partial charge < -0.3 is 10.0 Å². The number of carbonyl (C=O) groups excluding carboxylic acids is 2. The number of amides is 1. The van der Waals surface area contributed by atoms with Crippen LogP contribution in [0.1, 0.15) is 37.9 Å². The zero-order valence-electron chi connectivity index (χ0n) is 17.9. The summed E-state index contributed by atoms with van der Waals surface area (Å²) in [6, 6.07) is 14.6. The molecule has 0 spiro atoms. The van der Waals surface area contributed by atoms with E-state index in [0.717, 1.165) is 16.8 Å². The Morgan fingerprint density at radius 1 is 1.07 bits per heavy atom. The first-order valence-electron chi connectivity index (χ1n) is 9.68. The number of rotatable bonds is 4. The Bertz CT molecular complexity index is 982. The molecule has 1 atom stereocenters. The van der Waals surface area contributed by atoms with Crippen molar-refractivity contribution in [2.75, 3.05) is 23.9 Å². The maximum atomic E-state index is 13.2. The van der Waals surface area contributed by atoms with E-state index in [-0.39, 0.29) is 11.4 Å². The third-order valence-corrected chi connectivity index (χ3v) is 5.14. The second-order valence-corrected chi connectivity index (χ2v) is 8.74. The lowest BCUT2D eigenvalue weighted by Crippen LogP contribution is -2.32. The molecule has 0 bridgehead atoms. The fourth-order valence-corrected chi connectivity index (χ4v) is 3.56. The van der Waals surface area contributed by atoms with Gasteiger partial charge in [0.15, 0.2) is 11.5 Å². The zero-order chi connectivity index (χ0) is 21.5. The summed E-state index contributed by atoms with van der Waals surface area (Å²) in [7, 11) is 3.90. The first kappa shape index (κ1) is 20.6. The molecule has 1 aliphatic heterocycles. The van der Waals surface area contributed by atoms with E-state index in [1.807, 2.05) is 74.4 Å². The van der Waals surface area contributed by atoms with Crippen LogP contribution in [0.5, 0.6) is 0 Å². The SMILES string of the molecule is Cc1cccc(N2C(=O)C(O)=C(C(=O)C(C)(C)C)C2c2ccc(N(C)C)cc2)c1. The molecule has 2 aromatic rings. The molecule has 1 unspecified atom stereocenters. The highest BCUT2D eigenvalue weighted by Gasteiger charge is 2.46. The average Bonchev–Trinajstić information content (AvgIpc) is 2.91. The quantitative estimate of drug-likeness (QED) is 0.828. The molecule has 1 amide bonds. The fourth-order valence-electron chi connectivity index (χ4n) is 3.56. The second kappa shape index (κ2) is 7.39. The molecule has 0 fully saturated rings. The third kappa shape index (κ3) is 3.77.